The highest BCUT2D eigenvalue weighted by molar-refractivity contribution is 7.99. The Morgan fingerprint density at radius 1 is 0.733 bits per heavy atom. The molecule has 1 atom stereocenters. The molecule has 0 saturated carbocycles. The smallest absolute Gasteiger partial charge is 0.229 e. The van der Waals surface area contributed by atoms with Gasteiger partial charge in [0.15, 0.2) is 0 Å². The Hall–Kier alpha value is -0.510. The first-order valence-electron chi connectivity index (χ1n) is 13.1. The largest absolute Gasteiger partial charge is 0.283 e. The van der Waals surface area contributed by atoms with Crippen LogP contribution in [-0.4, -0.2) is 34.3 Å². The van der Waals surface area contributed by atoms with Crippen LogP contribution in [0.25, 0.3) is 0 Å². The number of thioether (sulfide) groups is 1. The lowest BCUT2D eigenvalue weighted by molar-refractivity contribution is -0.147. The molecule has 0 aliphatic carbocycles. The minimum Gasteiger partial charge on any atom is -0.283 e. The number of amides is 2. The van der Waals surface area contributed by atoms with E-state index in [1.54, 1.807) is 0 Å². The van der Waals surface area contributed by atoms with E-state index in [9.17, 15) is 9.59 Å². The second-order valence-electron chi connectivity index (χ2n) is 9.08. The zero-order valence-electron chi connectivity index (χ0n) is 20.1. The fourth-order valence-electron chi connectivity index (χ4n) is 4.32. The number of unbranched alkanes of at least 4 members (excludes halogenated alkanes) is 12. The first-order valence-corrected chi connectivity index (χ1v) is 14.2. The predicted octanol–water partition coefficient (Wildman–Crippen LogP) is 7.91. The minimum atomic E-state index is 0.0373. The van der Waals surface area contributed by atoms with Crippen LogP contribution < -0.4 is 0 Å². The molecule has 1 rings (SSSR count). The summed E-state index contributed by atoms with van der Waals surface area (Å²) in [5.41, 5.74) is 0. The molecule has 0 radical (unpaired) electrons. The Labute approximate surface area is 191 Å². The highest BCUT2D eigenvalue weighted by Gasteiger charge is 2.25. The van der Waals surface area contributed by atoms with Gasteiger partial charge in [0, 0.05) is 24.6 Å². The van der Waals surface area contributed by atoms with E-state index in [1.807, 2.05) is 11.8 Å². The van der Waals surface area contributed by atoms with Gasteiger partial charge in [0.05, 0.1) is 0 Å². The molecule has 2 amide bonds. The third-order valence-corrected chi connectivity index (χ3v) is 7.91. The van der Waals surface area contributed by atoms with Crippen molar-refractivity contribution >= 4 is 23.6 Å². The van der Waals surface area contributed by atoms with Crippen LogP contribution in [0.1, 0.15) is 136 Å². The molecule has 0 aromatic rings. The Morgan fingerprint density at radius 3 is 1.73 bits per heavy atom. The first-order chi connectivity index (χ1) is 14.7. The second-order valence-corrected chi connectivity index (χ2v) is 10.5. The topological polar surface area (TPSA) is 37.4 Å². The molecule has 1 aliphatic rings. The van der Waals surface area contributed by atoms with Crippen molar-refractivity contribution in [3.63, 3.8) is 0 Å². The molecule has 0 N–H and O–H groups in total. The van der Waals surface area contributed by atoms with Gasteiger partial charge in [-0.3, -0.25) is 14.5 Å². The molecule has 4 heteroatoms. The van der Waals surface area contributed by atoms with Crippen LogP contribution in [0.3, 0.4) is 0 Å². The molecule has 0 aromatic carbocycles. The molecule has 1 fully saturated rings. The van der Waals surface area contributed by atoms with E-state index in [2.05, 4.69) is 13.8 Å². The van der Waals surface area contributed by atoms with Gasteiger partial charge in [0.2, 0.25) is 11.8 Å². The van der Waals surface area contributed by atoms with E-state index in [0.717, 1.165) is 23.8 Å². The zero-order chi connectivity index (χ0) is 21.9. The van der Waals surface area contributed by atoms with Gasteiger partial charge in [0.1, 0.15) is 0 Å². The third kappa shape index (κ3) is 13.7. The lowest BCUT2D eigenvalue weighted by atomic mass is 10.0. The highest BCUT2D eigenvalue weighted by atomic mass is 32.2. The maximum atomic E-state index is 11.8. The van der Waals surface area contributed by atoms with Gasteiger partial charge in [0.25, 0.3) is 0 Å². The normalized spacial score (nSPS) is 15.7. The minimum absolute atomic E-state index is 0.0373. The molecule has 1 aliphatic heterocycles. The van der Waals surface area contributed by atoms with E-state index in [-0.39, 0.29) is 11.8 Å². The fraction of sp³-hybridized carbons (Fsp3) is 0.923. The van der Waals surface area contributed by atoms with Crippen molar-refractivity contribution in [1.29, 1.82) is 0 Å². The molecule has 30 heavy (non-hydrogen) atoms. The first kappa shape index (κ1) is 27.5. The van der Waals surface area contributed by atoms with Crippen LogP contribution >= 0.6 is 11.8 Å². The summed E-state index contributed by atoms with van der Waals surface area (Å²) in [7, 11) is 0. The van der Waals surface area contributed by atoms with Gasteiger partial charge in [-0.25, -0.2) is 0 Å². The molecule has 0 spiro atoms. The summed E-state index contributed by atoms with van der Waals surface area (Å²) in [6.45, 7) is 5.20. The van der Waals surface area contributed by atoms with E-state index >= 15 is 0 Å². The van der Waals surface area contributed by atoms with Gasteiger partial charge in [-0.15, -0.1) is 0 Å². The van der Waals surface area contributed by atoms with Crippen LogP contribution in [-0.2, 0) is 9.59 Å². The predicted molar refractivity (Wildman–Crippen MR) is 132 cm³/mol. The quantitative estimate of drug-likeness (QED) is 0.143. The number of carbonyl (C=O) groups is 2. The number of nitrogens with zero attached hydrogens (tertiary/aromatic N) is 1. The molecule has 0 bridgehead atoms. The number of hydrogen-bond acceptors (Lipinski definition) is 3. The maximum Gasteiger partial charge on any atom is 0.229 e. The third-order valence-electron chi connectivity index (χ3n) is 6.35. The van der Waals surface area contributed by atoms with Crippen molar-refractivity contribution in [1.82, 2.24) is 4.90 Å². The fourth-order valence-corrected chi connectivity index (χ4v) is 5.52. The van der Waals surface area contributed by atoms with E-state index in [0.29, 0.717) is 19.4 Å². The Kier molecular flexibility index (Phi) is 17.6. The van der Waals surface area contributed by atoms with Crippen molar-refractivity contribution < 1.29 is 9.59 Å². The molecule has 1 saturated heterocycles. The Morgan fingerprint density at radius 2 is 1.23 bits per heavy atom. The number of carbonyl (C=O) groups excluding carboxylic acids is 2. The summed E-state index contributed by atoms with van der Waals surface area (Å²) in [6, 6.07) is 0. The van der Waals surface area contributed by atoms with Gasteiger partial charge >= 0.3 is 0 Å². The molecular weight excluding hydrogens is 390 g/mol. The summed E-state index contributed by atoms with van der Waals surface area (Å²) >= 11 is 2.05. The lowest BCUT2D eigenvalue weighted by Gasteiger charge is -2.25. The van der Waals surface area contributed by atoms with Crippen molar-refractivity contribution in [2.75, 3.05) is 12.3 Å². The SMILES string of the molecule is CCCCCCCCCCCCCCCC(CC)SCCCN1C(=O)CCCC1=O. The van der Waals surface area contributed by atoms with Crippen molar-refractivity contribution in [3.8, 4) is 0 Å². The molecule has 176 valence electrons. The van der Waals surface area contributed by atoms with Gasteiger partial charge in [-0.1, -0.05) is 97.3 Å². The standard InChI is InChI=1S/C26H49NO2S/c1-3-5-6-7-8-9-10-11-12-13-14-15-16-19-24(4-2)30-23-18-22-27-25(28)20-17-21-26(27)29/h24H,3-23H2,1-2H3. The van der Waals surface area contributed by atoms with E-state index < -0.39 is 0 Å². The van der Waals surface area contributed by atoms with Crippen molar-refractivity contribution in [3.05, 3.63) is 0 Å². The number of hydrogen-bond donors (Lipinski definition) is 0. The zero-order valence-corrected chi connectivity index (χ0v) is 20.9. The number of piperidine rings is 1. The summed E-state index contributed by atoms with van der Waals surface area (Å²) < 4.78 is 0. The van der Waals surface area contributed by atoms with Crippen LogP contribution in [0.5, 0.6) is 0 Å². The van der Waals surface area contributed by atoms with Crippen molar-refractivity contribution in [2.24, 2.45) is 0 Å². The summed E-state index contributed by atoms with van der Waals surface area (Å²) in [5.74, 6) is 1.14. The van der Waals surface area contributed by atoms with Gasteiger partial charge in [-0.2, -0.15) is 11.8 Å². The van der Waals surface area contributed by atoms with E-state index in [4.69, 9.17) is 0 Å². The number of imide groups is 1. The average molecular weight is 440 g/mol. The monoisotopic (exact) mass is 439 g/mol. The van der Waals surface area contributed by atoms with E-state index in [1.165, 1.54) is 101 Å². The number of likely N-dealkylation sites (tertiary alicyclic amines) is 1. The van der Waals surface area contributed by atoms with Crippen LogP contribution in [0.15, 0.2) is 0 Å². The maximum absolute atomic E-state index is 11.8. The molecule has 3 nitrogen and oxygen atoms in total. The van der Waals surface area contributed by atoms with Crippen molar-refractivity contribution in [2.45, 2.75) is 141 Å². The molecule has 1 unspecified atom stereocenters. The Balaban J connectivity index is 1.90. The number of rotatable bonds is 20. The van der Waals surface area contributed by atoms with Gasteiger partial charge in [-0.05, 0) is 31.4 Å². The molecule has 0 aromatic heterocycles. The highest BCUT2D eigenvalue weighted by Crippen LogP contribution is 2.23. The Bertz CT molecular complexity index is 425. The van der Waals surface area contributed by atoms with Crippen LogP contribution in [0.4, 0.5) is 0 Å². The summed E-state index contributed by atoms with van der Waals surface area (Å²) in [6.07, 6.45) is 23.7. The molecule has 1 heterocycles. The lowest BCUT2D eigenvalue weighted by Crippen LogP contribution is -2.40. The van der Waals surface area contributed by atoms with Crippen LogP contribution in [0.2, 0.25) is 0 Å². The van der Waals surface area contributed by atoms with Crippen LogP contribution in [0, 0.1) is 0 Å². The molecular formula is C26H49NO2S. The van der Waals surface area contributed by atoms with Gasteiger partial charge < -0.3 is 0 Å². The summed E-state index contributed by atoms with van der Waals surface area (Å²) in [4.78, 5) is 25.2. The summed E-state index contributed by atoms with van der Waals surface area (Å²) in [5, 5.41) is 0.741. The second kappa shape index (κ2) is 19.2. The average Bonchev–Trinajstić information content (AvgIpc) is 2.74.